The maximum absolute atomic E-state index is 6.01. The second-order valence-corrected chi connectivity index (χ2v) is 7.27. The van der Waals surface area contributed by atoms with Crippen molar-refractivity contribution in [3.8, 4) is 0 Å². The Morgan fingerprint density at radius 2 is 2.25 bits per heavy atom. The van der Waals surface area contributed by atoms with Crippen molar-refractivity contribution in [2.45, 2.75) is 45.2 Å². The molecule has 2 nitrogen and oxygen atoms in total. The number of nitrogens with one attached hydrogen (secondary N) is 1. The van der Waals surface area contributed by atoms with Crippen LogP contribution >= 0.6 is 22.9 Å². The Morgan fingerprint density at radius 3 is 3.00 bits per heavy atom. The van der Waals surface area contributed by atoms with Gasteiger partial charge in [0.25, 0.3) is 0 Å². The molecule has 3 rings (SSSR count). The molecule has 0 aromatic carbocycles. The Kier molecular flexibility index (Phi) is 4.49. The molecule has 0 fully saturated rings. The molecule has 4 heteroatoms. The molecular weight excluding hydrogens is 288 g/mol. The highest BCUT2D eigenvalue weighted by atomic mass is 35.5. The Hall–Kier alpha value is -0.770. The molecule has 1 aliphatic carbocycles. The summed E-state index contributed by atoms with van der Waals surface area (Å²) in [6.45, 7) is 4.16. The third-order valence-electron chi connectivity index (χ3n) is 3.98. The number of thiophene rings is 1. The van der Waals surface area contributed by atoms with E-state index in [0.29, 0.717) is 6.04 Å². The summed E-state index contributed by atoms with van der Waals surface area (Å²) in [6.07, 6.45) is 9.78. The van der Waals surface area contributed by atoms with Gasteiger partial charge in [-0.1, -0.05) is 24.9 Å². The molecule has 1 atom stereocenters. The maximum atomic E-state index is 6.01. The van der Waals surface area contributed by atoms with Gasteiger partial charge in [0.05, 0.1) is 10.9 Å². The first-order chi connectivity index (χ1) is 9.76. The molecule has 1 N–H and O–H groups in total. The first-order valence-corrected chi connectivity index (χ1v) is 8.62. The van der Waals surface area contributed by atoms with Crippen LogP contribution in [0.5, 0.6) is 0 Å². The van der Waals surface area contributed by atoms with E-state index in [4.69, 9.17) is 11.6 Å². The van der Waals surface area contributed by atoms with E-state index in [2.05, 4.69) is 35.3 Å². The van der Waals surface area contributed by atoms with Crippen LogP contribution in [0.1, 0.15) is 48.2 Å². The van der Waals surface area contributed by atoms with Crippen LogP contribution in [-0.2, 0) is 13.0 Å². The zero-order valence-electron chi connectivity index (χ0n) is 11.9. The van der Waals surface area contributed by atoms with Crippen molar-refractivity contribution in [3.05, 3.63) is 44.9 Å². The summed E-state index contributed by atoms with van der Waals surface area (Å²) < 4.78 is 3.20. The number of hydrogen-bond donors (Lipinski definition) is 1. The minimum absolute atomic E-state index is 0.533. The lowest BCUT2D eigenvalue weighted by Crippen LogP contribution is -2.20. The highest BCUT2D eigenvalue weighted by Gasteiger charge is 2.19. The second-order valence-electron chi connectivity index (χ2n) is 5.47. The van der Waals surface area contributed by atoms with Crippen LogP contribution < -0.4 is 5.32 Å². The standard InChI is InChI=1S/C16H21ClN2S/c1-2-18-15-6-4-3-5-12-9-19(11-14(12)15)10-13-7-8-16(17)20-13/h7-9,11,15,18H,2-6,10H2,1H3. The number of halogens is 1. The number of aryl methyl sites for hydroxylation is 1. The molecular formula is C16H21ClN2S. The van der Waals surface area contributed by atoms with Gasteiger partial charge in [0.1, 0.15) is 0 Å². The third-order valence-corrected chi connectivity index (χ3v) is 5.20. The van der Waals surface area contributed by atoms with Gasteiger partial charge in [-0.2, -0.15) is 0 Å². The fourth-order valence-corrected chi connectivity index (χ4v) is 4.18. The molecule has 2 aromatic rings. The lowest BCUT2D eigenvalue weighted by Gasteiger charge is -2.15. The van der Waals surface area contributed by atoms with Crippen molar-refractivity contribution in [3.63, 3.8) is 0 Å². The van der Waals surface area contributed by atoms with E-state index in [1.165, 1.54) is 41.7 Å². The SMILES string of the molecule is CCNC1CCCCc2cn(Cc3ccc(Cl)s3)cc21. The monoisotopic (exact) mass is 308 g/mol. The van der Waals surface area contributed by atoms with Gasteiger partial charge in [0.2, 0.25) is 0 Å². The van der Waals surface area contributed by atoms with E-state index >= 15 is 0 Å². The van der Waals surface area contributed by atoms with Crippen LogP contribution in [0.2, 0.25) is 4.34 Å². The van der Waals surface area contributed by atoms with Gasteiger partial charge in [-0.15, -0.1) is 11.3 Å². The van der Waals surface area contributed by atoms with Crippen LogP contribution in [0.25, 0.3) is 0 Å². The van der Waals surface area contributed by atoms with Crippen molar-refractivity contribution < 1.29 is 0 Å². The predicted octanol–water partition coefficient (Wildman–Crippen LogP) is 4.63. The van der Waals surface area contributed by atoms with Crippen LogP contribution in [0, 0.1) is 0 Å². The van der Waals surface area contributed by atoms with Gasteiger partial charge in [-0.3, -0.25) is 0 Å². The fraction of sp³-hybridized carbons (Fsp3) is 0.500. The molecule has 1 aliphatic rings. The Morgan fingerprint density at radius 1 is 1.35 bits per heavy atom. The molecule has 0 amide bonds. The summed E-state index contributed by atoms with van der Waals surface area (Å²) in [6, 6.07) is 4.64. The Labute approximate surface area is 129 Å². The molecule has 108 valence electrons. The minimum Gasteiger partial charge on any atom is -0.348 e. The third kappa shape index (κ3) is 3.11. The number of nitrogens with zero attached hydrogens (tertiary/aromatic N) is 1. The number of aromatic nitrogens is 1. The minimum atomic E-state index is 0.533. The second kappa shape index (κ2) is 6.33. The van der Waals surface area contributed by atoms with E-state index in [-0.39, 0.29) is 0 Å². The van der Waals surface area contributed by atoms with E-state index in [1.54, 1.807) is 11.3 Å². The molecule has 0 saturated carbocycles. The summed E-state index contributed by atoms with van der Waals surface area (Å²) in [5.41, 5.74) is 3.03. The van der Waals surface area contributed by atoms with Crippen molar-refractivity contribution in [1.29, 1.82) is 0 Å². The summed E-state index contributed by atoms with van der Waals surface area (Å²) in [4.78, 5) is 1.32. The average molecular weight is 309 g/mol. The molecule has 1 unspecified atom stereocenters. The summed E-state index contributed by atoms with van der Waals surface area (Å²) in [7, 11) is 0. The highest BCUT2D eigenvalue weighted by molar-refractivity contribution is 7.16. The van der Waals surface area contributed by atoms with Crippen LogP contribution in [0.3, 0.4) is 0 Å². The molecule has 2 aromatic heterocycles. The number of hydrogen-bond acceptors (Lipinski definition) is 2. The van der Waals surface area contributed by atoms with Crippen molar-refractivity contribution in [2.24, 2.45) is 0 Å². The molecule has 0 bridgehead atoms. The number of rotatable bonds is 4. The van der Waals surface area contributed by atoms with E-state index in [1.807, 2.05) is 6.07 Å². The van der Waals surface area contributed by atoms with Crippen molar-refractivity contribution in [2.75, 3.05) is 6.54 Å². The summed E-state index contributed by atoms with van der Waals surface area (Å²) in [5.74, 6) is 0. The van der Waals surface area contributed by atoms with Gasteiger partial charge in [0.15, 0.2) is 0 Å². The lowest BCUT2D eigenvalue weighted by atomic mass is 10.0. The summed E-state index contributed by atoms with van der Waals surface area (Å²) in [5, 5.41) is 3.63. The largest absolute Gasteiger partial charge is 0.348 e. The van der Waals surface area contributed by atoms with Gasteiger partial charge in [-0.05, 0) is 49.1 Å². The van der Waals surface area contributed by atoms with E-state index < -0.39 is 0 Å². The van der Waals surface area contributed by atoms with Gasteiger partial charge in [-0.25, -0.2) is 0 Å². The Balaban J connectivity index is 1.82. The van der Waals surface area contributed by atoms with Crippen LogP contribution in [0.4, 0.5) is 0 Å². The zero-order valence-corrected chi connectivity index (χ0v) is 13.4. The van der Waals surface area contributed by atoms with Gasteiger partial charge >= 0.3 is 0 Å². The maximum Gasteiger partial charge on any atom is 0.0931 e. The topological polar surface area (TPSA) is 17.0 Å². The molecule has 0 spiro atoms. The van der Waals surface area contributed by atoms with Crippen LogP contribution in [0.15, 0.2) is 24.5 Å². The molecule has 20 heavy (non-hydrogen) atoms. The lowest BCUT2D eigenvalue weighted by molar-refractivity contribution is 0.502. The zero-order chi connectivity index (χ0) is 13.9. The van der Waals surface area contributed by atoms with Crippen molar-refractivity contribution in [1.82, 2.24) is 9.88 Å². The summed E-state index contributed by atoms with van der Waals surface area (Å²) >= 11 is 7.69. The Bertz CT molecular complexity index is 573. The smallest absolute Gasteiger partial charge is 0.0931 e. The predicted molar refractivity (Wildman–Crippen MR) is 86.8 cm³/mol. The molecule has 0 radical (unpaired) electrons. The average Bonchev–Trinajstić information content (AvgIpc) is 2.96. The molecule has 2 heterocycles. The van der Waals surface area contributed by atoms with E-state index in [9.17, 15) is 0 Å². The first kappa shape index (κ1) is 14.2. The first-order valence-electron chi connectivity index (χ1n) is 7.42. The van der Waals surface area contributed by atoms with Crippen LogP contribution in [-0.4, -0.2) is 11.1 Å². The fourth-order valence-electron chi connectivity index (χ4n) is 3.08. The molecule has 0 aliphatic heterocycles. The van der Waals surface area contributed by atoms with Crippen molar-refractivity contribution >= 4 is 22.9 Å². The quantitative estimate of drug-likeness (QED) is 0.815. The van der Waals surface area contributed by atoms with Gasteiger partial charge < -0.3 is 9.88 Å². The highest BCUT2D eigenvalue weighted by Crippen LogP contribution is 2.30. The molecule has 0 saturated heterocycles. The number of fused-ring (bicyclic) bond motifs is 1. The van der Waals surface area contributed by atoms with E-state index in [0.717, 1.165) is 17.4 Å². The normalized spacial score (nSPS) is 18.8. The van der Waals surface area contributed by atoms with Gasteiger partial charge in [0, 0.05) is 23.3 Å².